The third kappa shape index (κ3) is 10.2. The molecule has 0 aliphatic rings. The standard InChI is InChI=1S/C29H30F4N4O8/c1-28(2,3)45-27(40)36(12-11-23-24(37(41)42)9-10-25(35-23)43-4)15-17-13-18(30)5-7-21(17)34-22-8-6-19(14-20(22)26(38)39)44-16-29(31,32)33/h5-10,13-14,34H,11-12,15-16H2,1-4H3,(H,38,39). The monoisotopic (exact) mass is 638 g/mol. The first kappa shape index (κ1) is 34.3. The van der Waals surface area contributed by atoms with Crippen molar-refractivity contribution in [1.82, 2.24) is 9.88 Å². The molecule has 2 aromatic carbocycles. The number of alkyl halides is 3. The Hall–Kier alpha value is -5.15. The van der Waals surface area contributed by atoms with Gasteiger partial charge in [-0.1, -0.05) is 0 Å². The molecular weight excluding hydrogens is 608 g/mol. The molecular formula is C29H30F4N4O8. The molecule has 0 unspecified atom stereocenters. The van der Waals surface area contributed by atoms with E-state index in [-0.39, 0.29) is 59.5 Å². The fraction of sp³-hybridized carbons (Fsp3) is 0.345. The van der Waals surface area contributed by atoms with Gasteiger partial charge in [0.15, 0.2) is 6.61 Å². The molecule has 0 radical (unpaired) electrons. The van der Waals surface area contributed by atoms with Crippen LogP contribution < -0.4 is 14.8 Å². The molecule has 12 nitrogen and oxygen atoms in total. The van der Waals surface area contributed by atoms with E-state index in [0.717, 1.165) is 24.3 Å². The van der Waals surface area contributed by atoms with Gasteiger partial charge in [0.05, 0.1) is 29.8 Å². The van der Waals surface area contributed by atoms with Crippen molar-refractivity contribution in [2.75, 3.05) is 25.6 Å². The maximum absolute atomic E-state index is 14.5. The van der Waals surface area contributed by atoms with Crippen LogP contribution in [0.25, 0.3) is 0 Å². The van der Waals surface area contributed by atoms with Crippen LogP contribution in [0.2, 0.25) is 0 Å². The number of nitro groups is 1. The van der Waals surface area contributed by atoms with Crippen molar-refractivity contribution in [2.24, 2.45) is 0 Å². The van der Waals surface area contributed by atoms with E-state index in [1.807, 2.05) is 0 Å². The Balaban J connectivity index is 1.96. The molecule has 3 aromatic rings. The number of aromatic nitrogens is 1. The summed E-state index contributed by atoms with van der Waals surface area (Å²) in [6, 6.07) is 9.20. The highest BCUT2D eigenvalue weighted by Crippen LogP contribution is 2.30. The number of carboxylic acids is 1. The van der Waals surface area contributed by atoms with Gasteiger partial charge in [0.2, 0.25) is 5.88 Å². The summed E-state index contributed by atoms with van der Waals surface area (Å²) in [5, 5.41) is 24.1. The summed E-state index contributed by atoms with van der Waals surface area (Å²) in [4.78, 5) is 41.4. The van der Waals surface area contributed by atoms with Crippen molar-refractivity contribution in [3.63, 3.8) is 0 Å². The highest BCUT2D eigenvalue weighted by Gasteiger charge is 2.29. The lowest BCUT2D eigenvalue weighted by Gasteiger charge is -2.28. The molecule has 0 spiro atoms. The Bertz CT molecular complexity index is 1560. The Morgan fingerprint density at radius 3 is 2.36 bits per heavy atom. The smallest absolute Gasteiger partial charge is 0.422 e. The van der Waals surface area contributed by atoms with Crippen molar-refractivity contribution in [2.45, 2.75) is 45.5 Å². The van der Waals surface area contributed by atoms with Crippen LogP contribution in [0.15, 0.2) is 48.5 Å². The number of hydrogen-bond donors (Lipinski definition) is 2. The van der Waals surface area contributed by atoms with Crippen molar-refractivity contribution in [1.29, 1.82) is 0 Å². The average Bonchev–Trinajstić information content (AvgIpc) is 2.94. The molecule has 3 rings (SSSR count). The van der Waals surface area contributed by atoms with Crippen LogP contribution in [0.1, 0.15) is 42.4 Å². The lowest BCUT2D eigenvalue weighted by atomic mass is 10.1. The van der Waals surface area contributed by atoms with Crippen LogP contribution in [-0.2, 0) is 17.7 Å². The fourth-order valence-corrected chi connectivity index (χ4v) is 3.97. The van der Waals surface area contributed by atoms with Crippen molar-refractivity contribution >= 4 is 29.1 Å². The maximum Gasteiger partial charge on any atom is 0.422 e. The normalized spacial score (nSPS) is 11.5. The number of hydrogen-bond acceptors (Lipinski definition) is 9. The first-order chi connectivity index (χ1) is 21.0. The number of rotatable bonds is 12. The molecule has 0 saturated carbocycles. The predicted molar refractivity (Wildman–Crippen MR) is 152 cm³/mol. The van der Waals surface area contributed by atoms with Crippen LogP contribution in [0.3, 0.4) is 0 Å². The van der Waals surface area contributed by atoms with E-state index in [1.165, 1.54) is 36.3 Å². The second kappa shape index (κ2) is 14.1. The number of amides is 1. The van der Waals surface area contributed by atoms with E-state index in [9.17, 15) is 42.4 Å². The first-order valence-electron chi connectivity index (χ1n) is 13.2. The number of nitrogens with one attached hydrogen (secondary N) is 1. The lowest BCUT2D eigenvalue weighted by molar-refractivity contribution is -0.386. The van der Waals surface area contributed by atoms with Crippen LogP contribution >= 0.6 is 0 Å². The third-order valence-electron chi connectivity index (χ3n) is 5.92. The molecule has 0 bridgehead atoms. The second-order valence-corrected chi connectivity index (χ2v) is 10.6. The topological polar surface area (TPSA) is 153 Å². The number of methoxy groups -OCH3 is 1. The minimum atomic E-state index is -4.64. The predicted octanol–water partition coefficient (Wildman–Crippen LogP) is 6.50. The van der Waals surface area contributed by atoms with Gasteiger partial charge in [-0.2, -0.15) is 13.2 Å². The largest absolute Gasteiger partial charge is 0.484 e. The third-order valence-corrected chi connectivity index (χ3v) is 5.92. The van der Waals surface area contributed by atoms with Crippen LogP contribution in [0.4, 0.5) is 39.4 Å². The molecule has 0 aliphatic heterocycles. The number of benzene rings is 2. The van der Waals surface area contributed by atoms with E-state index in [4.69, 9.17) is 9.47 Å². The molecule has 2 N–H and O–H groups in total. The molecule has 1 heterocycles. The summed E-state index contributed by atoms with van der Waals surface area (Å²) in [5.41, 5.74) is -1.42. The average molecular weight is 639 g/mol. The molecule has 1 aromatic heterocycles. The van der Waals surface area contributed by atoms with E-state index in [2.05, 4.69) is 15.0 Å². The maximum atomic E-state index is 14.5. The number of carbonyl (C=O) groups is 2. The zero-order valence-electron chi connectivity index (χ0n) is 24.6. The molecule has 0 aliphatic carbocycles. The summed E-state index contributed by atoms with van der Waals surface area (Å²) in [5.74, 6) is -2.41. The lowest BCUT2D eigenvalue weighted by Crippen LogP contribution is -2.38. The van der Waals surface area contributed by atoms with Gasteiger partial charge in [-0.3, -0.25) is 10.1 Å². The van der Waals surface area contributed by atoms with Crippen molar-refractivity contribution < 1.29 is 51.4 Å². The number of ether oxygens (including phenoxy) is 3. The van der Waals surface area contributed by atoms with Gasteiger partial charge in [0.1, 0.15) is 22.9 Å². The number of carboxylic acid groups (broad SMARTS) is 1. The highest BCUT2D eigenvalue weighted by molar-refractivity contribution is 5.96. The van der Waals surface area contributed by atoms with E-state index in [1.54, 1.807) is 20.8 Å². The highest BCUT2D eigenvalue weighted by atomic mass is 19.4. The Labute approximate surface area is 254 Å². The Morgan fingerprint density at radius 1 is 1.07 bits per heavy atom. The van der Waals surface area contributed by atoms with E-state index >= 15 is 0 Å². The number of anilines is 2. The van der Waals surface area contributed by atoms with Crippen molar-refractivity contribution in [3.8, 4) is 11.6 Å². The summed E-state index contributed by atoms with van der Waals surface area (Å²) in [6.45, 7) is 2.78. The van der Waals surface area contributed by atoms with Gasteiger partial charge < -0.3 is 29.5 Å². The van der Waals surface area contributed by atoms with Crippen molar-refractivity contribution in [3.05, 3.63) is 81.3 Å². The van der Waals surface area contributed by atoms with Gasteiger partial charge in [-0.15, -0.1) is 0 Å². The van der Waals surface area contributed by atoms with E-state index < -0.39 is 46.8 Å². The first-order valence-corrected chi connectivity index (χ1v) is 13.2. The SMILES string of the molecule is COc1ccc([N+](=O)[O-])c(CCN(Cc2cc(F)ccc2Nc2ccc(OCC(F)(F)F)cc2C(=O)O)C(=O)OC(C)(C)C)n1. The zero-order valence-corrected chi connectivity index (χ0v) is 24.6. The number of pyridine rings is 1. The number of carbonyl (C=O) groups excluding carboxylic acids is 1. The van der Waals surface area contributed by atoms with Gasteiger partial charge >= 0.3 is 18.2 Å². The molecule has 0 fully saturated rings. The number of halogens is 4. The fourth-order valence-electron chi connectivity index (χ4n) is 3.97. The Kier molecular flexibility index (Phi) is 10.8. The molecule has 242 valence electrons. The molecule has 1 amide bonds. The summed E-state index contributed by atoms with van der Waals surface area (Å²) < 4.78 is 67.4. The molecule has 16 heteroatoms. The molecule has 0 atom stereocenters. The van der Waals surface area contributed by atoms with Gasteiger partial charge in [0.25, 0.3) is 5.69 Å². The van der Waals surface area contributed by atoms with Crippen LogP contribution in [0.5, 0.6) is 11.6 Å². The minimum absolute atomic E-state index is 0.0180. The second-order valence-electron chi connectivity index (χ2n) is 10.6. The summed E-state index contributed by atoms with van der Waals surface area (Å²) >= 11 is 0. The number of nitrogens with zero attached hydrogens (tertiary/aromatic N) is 3. The molecule has 45 heavy (non-hydrogen) atoms. The molecule has 0 saturated heterocycles. The Morgan fingerprint density at radius 2 is 1.76 bits per heavy atom. The van der Waals surface area contributed by atoms with Gasteiger partial charge in [0, 0.05) is 30.8 Å². The van der Waals surface area contributed by atoms with Crippen LogP contribution in [-0.4, -0.2) is 64.0 Å². The summed E-state index contributed by atoms with van der Waals surface area (Å²) in [6.07, 6.45) is -5.59. The number of aromatic carboxylic acids is 1. The van der Waals surface area contributed by atoms with Gasteiger partial charge in [-0.05, 0) is 62.7 Å². The van der Waals surface area contributed by atoms with E-state index in [0.29, 0.717) is 0 Å². The quantitative estimate of drug-likeness (QED) is 0.128. The van der Waals surface area contributed by atoms with Crippen LogP contribution in [0, 0.1) is 15.9 Å². The minimum Gasteiger partial charge on any atom is -0.484 e. The van der Waals surface area contributed by atoms with Gasteiger partial charge in [-0.25, -0.2) is 19.0 Å². The zero-order chi connectivity index (χ0) is 33.5. The summed E-state index contributed by atoms with van der Waals surface area (Å²) in [7, 11) is 1.34.